The zero-order valence-electron chi connectivity index (χ0n) is 14.5. The predicted molar refractivity (Wildman–Crippen MR) is 97.0 cm³/mol. The lowest BCUT2D eigenvalue weighted by molar-refractivity contribution is 0.0303. The standard InChI is InChI=1S/C20H22N2O3/c1-14-6-7-18(15(2)12-14)21-19(23)16-4-3-5-17(13-16)20(24)22-8-10-25-11-9-22/h3-7,12-13H,8-11H2,1-2H3,(H,21,23). The summed E-state index contributed by atoms with van der Waals surface area (Å²) in [5, 5.41) is 2.92. The molecule has 0 atom stereocenters. The van der Waals surface area contributed by atoms with E-state index < -0.39 is 0 Å². The summed E-state index contributed by atoms with van der Waals surface area (Å²) < 4.78 is 5.28. The van der Waals surface area contributed by atoms with E-state index in [4.69, 9.17) is 4.74 Å². The maximum absolute atomic E-state index is 12.6. The number of anilines is 1. The summed E-state index contributed by atoms with van der Waals surface area (Å²) in [6, 6.07) is 12.7. The largest absolute Gasteiger partial charge is 0.378 e. The van der Waals surface area contributed by atoms with Crippen LogP contribution in [0, 0.1) is 13.8 Å². The highest BCUT2D eigenvalue weighted by Gasteiger charge is 2.19. The van der Waals surface area contributed by atoms with E-state index in [-0.39, 0.29) is 11.8 Å². The molecule has 1 aliphatic heterocycles. The summed E-state index contributed by atoms with van der Waals surface area (Å²) in [6.07, 6.45) is 0. The van der Waals surface area contributed by atoms with Crippen LogP contribution in [0.3, 0.4) is 0 Å². The molecule has 0 saturated carbocycles. The van der Waals surface area contributed by atoms with Crippen molar-refractivity contribution in [2.45, 2.75) is 13.8 Å². The van der Waals surface area contributed by atoms with Crippen LogP contribution in [0.2, 0.25) is 0 Å². The number of nitrogens with zero attached hydrogens (tertiary/aromatic N) is 1. The van der Waals surface area contributed by atoms with Gasteiger partial charge in [-0.2, -0.15) is 0 Å². The smallest absolute Gasteiger partial charge is 0.255 e. The molecule has 5 nitrogen and oxygen atoms in total. The van der Waals surface area contributed by atoms with Gasteiger partial charge in [0.1, 0.15) is 0 Å². The van der Waals surface area contributed by atoms with Crippen LogP contribution in [-0.2, 0) is 4.74 Å². The van der Waals surface area contributed by atoms with Crippen LogP contribution in [-0.4, -0.2) is 43.0 Å². The third-order valence-corrected chi connectivity index (χ3v) is 4.30. The zero-order valence-corrected chi connectivity index (χ0v) is 14.5. The highest BCUT2D eigenvalue weighted by molar-refractivity contribution is 6.06. The molecule has 5 heteroatoms. The Morgan fingerprint density at radius 2 is 1.72 bits per heavy atom. The molecule has 0 radical (unpaired) electrons. The van der Waals surface area contributed by atoms with Gasteiger partial charge in [0.15, 0.2) is 0 Å². The second-order valence-electron chi connectivity index (χ2n) is 6.26. The molecular weight excluding hydrogens is 316 g/mol. The van der Waals surface area contributed by atoms with Gasteiger partial charge >= 0.3 is 0 Å². The Hall–Kier alpha value is -2.66. The van der Waals surface area contributed by atoms with E-state index >= 15 is 0 Å². The van der Waals surface area contributed by atoms with Gasteiger partial charge < -0.3 is 15.0 Å². The van der Waals surface area contributed by atoms with Crippen LogP contribution < -0.4 is 5.32 Å². The number of carbonyl (C=O) groups is 2. The first-order chi connectivity index (χ1) is 12.0. The van der Waals surface area contributed by atoms with Crippen molar-refractivity contribution in [3.05, 3.63) is 64.7 Å². The lowest BCUT2D eigenvalue weighted by Crippen LogP contribution is -2.40. The lowest BCUT2D eigenvalue weighted by Gasteiger charge is -2.27. The van der Waals surface area contributed by atoms with Crippen molar-refractivity contribution in [2.24, 2.45) is 0 Å². The number of nitrogens with one attached hydrogen (secondary N) is 1. The highest BCUT2D eigenvalue weighted by Crippen LogP contribution is 2.18. The van der Waals surface area contributed by atoms with Crippen molar-refractivity contribution in [3.63, 3.8) is 0 Å². The molecule has 2 aromatic rings. The molecule has 1 fully saturated rings. The summed E-state index contributed by atoms with van der Waals surface area (Å²) in [6.45, 7) is 6.24. The van der Waals surface area contributed by atoms with Crippen molar-refractivity contribution < 1.29 is 14.3 Å². The Bertz CT molecular complexity index is 795. The van der Waals surface area contributed by atoms with E-state index in [1.54, 1.807) is 29.2 Å². The third-order valence-electron chi connectivity index (χ3n) is 4.30. The molecule has 25 heavy (non-hydrogen) atoms. The Kier molecular flexibility index (Phi) is 5.14. The minimum atomic E-state index is -0.219. The van der Waals surface area contributed by atoms with Crippen LogP contribution >= 0.6 is 0 Å². The van der Waals surface area contributed by atoms with Crippen molar-refractivity contribution >= 4 is 17.5 Å². The topological polar surface area (TPSA) is 58.6 Å². The zero-order chi connectivity index (χ0) is 17.8. The molecule has 0 bridgehead atoms. The van der Waals surface area contributed by atoms with E-state index in [1.807, 2.05) is 32.0 Å². The number of hydrogen-bond donors (Lipinski definition) is 1. The molecular formula is C20H22N2O3. The Balaban J connectivity index is 1.76. The Morgan fingerprint density at radius 3 is 2.44 bits per heavy atom. The number of aryl methyl sites for hydroxylation is 2. The first-order valence-corrected chi connectivity index (χ1v) is 8.40. The Labute approximate surface area is 147 Å². The third kappa shape index (κ3) is 4.06. The number of morpholine rings is 1. The molecule has 1 saturated heterocycles. The number of amides is 2. The van der Waals surface area contributed by atoms with Crippen LogP contribution in [0.5, 0.6) is 0 Å². The first-order valence-electron chi connectivity index (χ1n) is 8.40. The van der Waals surface area contributed by atoms with Crippen molar-refractivity contribution in [3.8, 4) is 0 Å². The fraction of sp³-hybridized carbons (Fsp3) is 0.300. The molecule has 1 heterocycles. The van der Waals surface area contributed by atoms with Crippen molar-refractivity contribution in [2.75, 3.05) is 31.6 Å². The SMILES string of the molecule is Cc1ccc(NC(=O)c2cccc(C(=O)N3CCOCC3)c2)c(C)c1. The van der Waals surface area contributed by atoms with Crippen molar-refractivity contribution in [1.29, 1.82) is 0 Å². The van der Waals surface area contributed by atoms with Crippen LogP contribution in [0.1, 0.15) is 31.8 Å². The maximum atomic E-state index is 12.6. The number of benzene rings is 2. The minimum Gasteiger partial charge on any atom is -0.378 e. The van der Waals surface area contributed by atoms with Crippen LogP contribution in [0.4, 0.5) is 5.69 Å². The van der Waals surface area contributed by atoms with Gasteiger partial charge in [0.05, 0.1) is 13.2 Å². The van der Waals surface area contributed by atoms with Crippen molar-refractivity contribution in [1.82, 2.24) is 4.90 Å². The quantitative estimate of drug-likeness (QED) is 0.936. The maximum Gasteiger partial charge on any atom is 0.255 e. The fourth-order valence-electron chi connectivity index (χ4n) is 2.89. The summed E-state index contributed by atoms with van der Waals surface area (Å²) in [5.74, 6) is -0.284. The van der Waals surface area contributed by atoms with Crippen LogP contribution in [0.25, 0.3) is 0 Å². The molecule has 2 amide bonds. The van der Waals surface area contributed by atoms with E-state index in [0.29, 0.717) is 37.4 Å². The minimum absolute atomic E-state index is 0.0653. The second kappa shape index (κ2) is 7.49. The normalized spacial score (nSPS) is 14.2. The van der Waals surface area contributed by atoms with E-state index in [0.717, 1.165) is 16.8 Å². The van der Waals surface area contributed by atoms with E-state index in [2.05, 4.69) is 5.32 Å². The summed E-state index contributed by atoms with van der Waals surface area (Å²) in [5.41, 5.74) is 3.93. The molecule has 0 aliphatic carbocycles. The van der Waals surface area contributed by atoms with Gasteiger partial charge in [-0.1, -0.05) is 23.8 Å². The molecule has 130 valence electrons. The molecule has 0 unspecified atom stereocenters. The molecule has 2 aromatic carbocycles. The predicted octanol–water partition coefficient (Wildman–Crippen LogP) is 3.03. The van der Waals surface area contributed by atoms with Gasteiger partial charge in [-0.25, -0.2) is 0 Å². The molecule has 1 aliphatic rings. The average molecular weight is 338 g/mol. The van der Waals surface area contributed by atoms with E-state index in [9.17, 15) is 9.59 Å². The summed E-state index contributed by atoms with van der Waals surface area (Å²) in [7, 11) is 0. The average Bonchev–Trinajstić information content (AvgIpc) is 2.64. The molecule has 3 rings (SSSR count). The van der Waals surface area contributed by atoms with Gasteiger partial charge in [-0.05, 0) is 43.7 Å². The molecule has 0 aromatic heterocycles. The van der Waals surface area contributed by atoms with Gasteiger partial charge in [-0.3, -0.25) is 9.59 Å². The highest BCUT2D eigenvalue weighted by atomic mass is 16.5. The van der Waals surface area contributed by atoms with Gasteiger partial charge in [0, 0.05) is 29.9 Å². The fourth-order valence-corrected chi connectivity index (χ4v) is 2.89. The van der Waals surface area contributed by atoms with Crippen LogP contribution in [0.15, 0.2) is 42.5 Å². The van der Waals surface area contributed by atoms with Gasteiger partial charge in [-0.15, -0.1) is 0 Å². The lowest BCUT2D eigenvalue weighted by atomic mass is 10.1. The number of carbonyl (C=O) groups excluding carboxylic acids is 2. The van der Waals surface area contributed by atoms with Gasteiger partial charge in [0.2, 0.25) is 0 Å². The number of ether oxygens (including phenoxy) is 1. The van der Waals surface area contributed by atoms with E-state index in [1.165, 1.54) is 0 Å². The second-order valence-corrected chi connectivity index (χ2v) is 6.26. The Morgan fingerprint density at radius 1 is 1.00 bits per heavy atom. The summed E-state index contributed by atoms with van der Waals surface area (Å²) in [4.78, 5) is 26.9. The number of rotatable bonds is 3. The van der Waals surface area contributed by atoms with Gasteiger partial charge in [0.25, 0.3) is 11.8 Å². The first kappa shape index (κ1) is 17.2. The molecule has 0 spiro atoms. The monoisotopic (exact) mass is 338 g/mol. The molecule has 1 N–H and O–H groups in total. The number of hydrogen-bond acceptors (Lipinski definition) is 3. The summed E-state index contributed by atoms with van der Waals surface area (Å²) >= 11 is 0.